The number of nitrogens with zero attached hydrogens (tertiary/aromatic N) is 4. The van der Waals surface area contributed by atoms with Crippen molar-refractivity contribution in [3.05, 3.63) is 194 Å². The molecule has 3 heterocycles. The Morgan fingerprint density at radius 2 is 0.818 bits per heavy atom. The third kappa shape index (κ3) is 5.11. The minimum absolute atomic E-state index is 0.699. The van der Waals surface area contributed by atoms with E-state index in [0.717, 1.165) is 66.5 Å². The lowest BCUT2D eigenvalue weighted by Gasteiger charge is -2.15. The van der Waals surface area contributed by atoms with E-state index in [1.165, 1.54) is 32.8 Å². The highest BCUT2D eigenvalue weighted by molar-refractivity contribution is 6.26. The van der Waals surface area contributed by atoms with Crippen LogP contribution in [0.15, 0.2) is 194 Å². The molecule has 0 atom stereocenters. The third-order valence-corrected chi connectivity index (χ3v) is 10.8. The van der Waals surface area contributed by atoms with Crippen LogP contribution in [0.25, 0.3) is 105 Å². The van der Waals surface area contributed by atoms with Crippen LogP contribution in [0, 0.1) is 0 Å². The monoisotopic (exact) mass is 700 g/mol. The summed E-state index contributed by atoms with van der Waals surface area (Å²) in [6.45, 7) is 0. The molecule has 4 heteroatoms. The van der Waals surface area contributed by atoms with Crippen LogP contribution in [0.4, 0.5) is 0 Å². The van der Waals surface area contributed by atoms with Gasteiger partial charge >= 0.3 is 0 Å². The second-order valence-corrected chi connectivity index (χ2v) is 14.0. The van der Waals surface area contributed by atoms with Crippen molar-refractivity contribution in [3.8, 4) is 50.7 Å². The van der Waals surface area contributed by atoms with Gasteiger partial charge in [0.05, 0.1) is 33.5 Å². The minimum Gasteiger partial charge on any atom is -0.309 e. The maximum Gasteiger partial charge on any atom is 0.160 e. The third-order valence-electron chi connectivity index (χ3n) is 10.8. The first-order valence-electron chi connectivity index (χ1n) is 18.6. The quantitative estimate of drug-likeness (QED) is 0.168. The fourth-order valence-corrected chi connectivity index (χ4v) is 8.21. The Hall–Kier alpha value is -7.43. The lowest BCUT2D eigenvalue weighted by Crippen LogP contribution is -1.98. The number of pyridine rings is 1. The van der Waals surface area contributed by atoms with Crippen molar-refractivity contribution < 1.29 is 0 Å². The van der Waals surface area contributed by atoms with Crippen molar-refractivity contribution in [2.24, 2.45) is 0 Å². The van der Waals surface area contributed by atoms with Crippen molar-refractivity contribution in [1.82, 2.24) is 19.5 Å². The Morgan fingerprint density at radius 3 is 1.56 bits per heavy atom. The number of hydrogen-bond donors (Lipinski definition) is 0. The largest absolute Gasteiger partial charge is 0.309 e. The van der Waals surface area contributed by atoms with E-state index in [2.05, 4.69) is 187 Å². The Kier molecular flexibility index (Phi) is 7.14. The molecular formula is C51H32N4. The van der Waals surface area contributed by atoms with Gasteiger partial charge in [-0.2, -0.15) is 0 Å². The molecule has 0 aliphatic rings. The molecule has 11 rings (SSSR count). The van der Waals surface area contributed by atoms with E-state index in [0.29, 0.717) is 5.82 Å². The summed E-state index contributed by atoms with van der Waals surface area (Å²) in [6.07, 6.45) is 0. The molecule has 11 aromatic rings. The van der Waals surface area contributed by atoms with E-state index in [-0.39, 0.29) is 0 Å². The molecule has 8 aromatic carbocycles. The number of para-hydroxylation sites is 3. The number of rotatable bonds is 5. The first kappa shape index (κ1) is 31.1. The van der Waals surface area contributed by atoms with E-state index in [9.17, 15) is 0 Å². The van der Waals surface area contributed by atoms with Crippen LogP contribution in [0.5, 0.6) is 0 Å². The summed E-state index contributed by atoms with van der Waals surface area (Å²) >= 11 is 0. The van der Waals surface area contributed by atoms with E-state index < -0.39 is 0 Å². The van der Waals surface area contributed by atoms with Gasteiger partial charge in [-0.25, -0.2) is 15.0 Å². The van der Waals surface area contributed by atoms with Crippen molar-refractivity contribution in [2.45, 2.75) is 0 Å². The lowest BCUT2D eigenvalue weighted by molar-refractivity contribution is 1.18. The van der Waals surface area contributed by atoms with Crippen LogP contribution >= 0.6 is 0 Å². The fourth-order valence-electron chi connectivity index (χ4n) is 8.21. The number of aromatic nitrogens is 4. The van der Waals surface area contributed by atoms with Crippen LogP contribution in [-0.4, -0.2) is 19.5 Å². The summed E-state index contributed by atoms with van der Waals surface area (Å²) in [4.78, 5) is 15.5. The SMILES string of the molecule is c1ccc(-c2ccc(-c3nc(-c4ccc(-n5c6ccccc6c6ccc7c(-c8ccccc8)nc8ccccc8c7c65)cc4)nc4ccccc34)cc2)cc1. The first-order chi connectivity index (χ1) is 27.3. The molecule has 4 nitrogen and oxygen atoms in total. The summed E-state index contributed by atoms with van der Waals surface area (Å²) in [7, 11) is 0. The highest BCUT2D eigenvalue weighted by Gasteiger charge is 2.20. The molecule has 0 radical (unpaired) electrons. The van der Waals surface area contributed by atoms with Gasteiger partial charge in [-0.05, 0) is 53.6 Å². The summed E-state index contributed by atoms with van der Waals surface area (Å²) < 4.78 is 2.42. The Balaban J connectivity index is 1.09. The normalized spacial score (nSPS) is 11.6. The standard InChI is InChI=1S/C51H32N4/c1-3-13-33(14-4-1)34-23-25-36(26-24-34)48-42-19-8-11-21-45(42)53-51(54-48)37-27-29-38(30-28-37)55-46-22-12-9-17-39(46)40-31-32-43-47(50(40)55)41-18-7-10-20-44(41)52-49(43)35-15-5-2-6-16-35/h1-32H. The molecule has 0 bridgehead atoms. The Bertz CT molecular complexity index is 3220. The predicted molar refractivity (Wildman–Crippen MR) is 228 cm³/mol. The predicted octanol–water partition coefficient (Wildman–Crippen LogP) is 13.1. The summed E-state index contributed by atoms with van der Waals surface area (Å²) in [5.41, 5.74) is 12.7. The summed E-state index contributed by atoms with van der Waals surface area (Å²) in [5.74, 6) is 0.699. The molecule has 0 saturated heterocycles. The van der Waals surface area contributed by atoms with Crippen LogP contribution < -0.4 is 0 Å². The topological polar surface area (TPSA) is 43.6 Å². The van der Waals surface area contributed by atoms with Crippen molar-refractivity contribution in [2.75, 3.05) is 0 Å². The maximum absolute atomic E-state index is 5.23. The van der Waals surface area contributed by atoms with E-state index >= 15 is 0 Å². The zero-order valence-corrected chi connectivity index (χ0v) is 29.8. The van der Waals surface area contributed by atoms with Crippen LogP contribution in [-0.2, 0) is 0 Å². The lowest BCUT2D eigenvalue weighted by atomic mass is 9.97. The zero-order chi connectivity index (χ0) is 36.3. The van der Waals surface area contributed by atoms with Gasteiger partial charge < -0.3 is 4.57 Å². The van der Waals surface area contributed by atoms with Crippen molar-refractivity contribution >= 4 is 54.4 Å². The van der Waals surface area contributed by atoms with Gasteiger partial charge in [-0.3, -0.25) is 0 Å². The maximum atomic E-state index is 5.23. The second kappa shape index (κ2) is 12.6. The van der Waals surface area contributed by atoms with Gasteiger partial charge in [-0.15, -0.1) is 0 Å². The summed E-state index contributed by atoms with van der Waals surface area (Å²) in [6, 6.07) is 68.4. The van der Waals surface area contributed by atoms with Gasteiger partial charge in [0.2, 0.25) is 0 Å². The van der Waals surface area contributed by atoms with Gasteiger partial charge in [-0.1, -0.05) is 152 Å². The average molecular weight is 701 g/mol. The van der Waals surface area contributed by atoms with Crippen LogP contribution in [0.1, 0.15) is 0 Å². The molecule has 256 valence electrons. The fraction of sp³-hybridized carbons (Fsp3) is 0. The minimum atomic E-state index is 0.699. The number of fused-ring (bicyclic) bond motifs is 8. The van der Waals surface area contributed by atoms with Gasteiger partial charge in [0.25, 0.3) is 0 Å². The van der Waals surface area contributed by atoms with Crippen molar-refractivity contribution in [1.29, 1.82) is 0 Å². The van der Waals surface area contributed by atoms with Crippen LogP contribution in [0.3, 0.4) is 0 Å². The molecule has 55 heavy (non-hydrogen) atoms. The molecule has 0 spiro atoms. The molecule has 0 aliphatic heterocycles. The molecule has 0 unspecified atom stereocenters. The molecule has 0 fully saturated rings. The first-order valence-corrected chi connectivity index (χ1v) is 18.6. The molecule has 0 saturated carbocycles. The highest BCUT2D eigenvalue weighted by atomic mass is 15.0. The molecule has 3 aromatic heterocycles. The molecule has 0 amide bonds. The second-order valence-electron chi connectivity index (χ2n) is 14.0. The van der Waals surface area contributed by atoms with Crippen LogP contribution in [0.2, 0.25) is 0 Å². The highest BCUT2D eigenvalue weighted by Crippen LogP contribution is 2.42. The molecule has 0 aliphatic carbocycles. The number of hydrogen-bond acceptors (Lipinski definition) is 3. The number of benzene rings is 8. The van der Waals surface area contributed by atoms with Gasteiger partial charge in [0.1, 0.15) is 0 Å². The molecular weight excluding hydrogens is 669 g/mol. The zero-order valence-electron chi connectivity index (χ0n) is 29.8. The van der Waals surface area contributed by atoms with E-state index in [1.54, 1.807) is 0 Å². The van der Waals surface area contributed by atoms with E-state index in [1.807, 2.05) is 12.1 Å². The van der Waals surface area contributed by atoms with Crippen molar-refractivity contribution in [3.63, 3.8) is 0 Å². The summed E-state index contributed by atoms with van der Waals surface area (Å²) in [5, 5.41) is 6.92. The Morgan fingerprint density at radius 1 is 0.309 bits per heavy atom. The molecule has 0 N–H and O–H groups in total. The van der Waals surface area contributed by atoms with Gasteiger partial charge in [0, 0.05) is 54.7 Å². The van der Waals surface area contributed by atoms with E-state index in [4.69, 9.17) is 15.0 Å². The smallest absolute Gasteiger partial charge is 0.160 e. The average Bonchev–Trinajstić information content (AvgIpc) is 3.61. The van der Waals surface area contributed by atoms with Gasteiger partial charge in [0.15, 0.2) is 5.82 Å². The Labute approximate surface area is 317 Å².